The molecule has 38 heavy (non-hydrogen) atoms. The molecule has 0 radical (unpaired) electrons. The minimum absolute atomic E-state index is 0.232. The number of hydrogen-bond acceptors (Lipinski definition) is 9. The van der Waals surface area contributed by atoms with Crippen LogP contribution >= 0.6 is 23.3 Å². The van der Waals surface area contributed by atoms with Gasteiger partial charge in [-0.05, 0) is 55.7 Å². The summed E-state index contributed by atoms with van der Waals surface area (Å²) in [5.41, 5.74) is 6.49. The number of fused-ring (bicyclic) bond motifs is 1. The minimum Gasteiger partial charge on any atom is -0.429 e. The largest absolute Gasteiger partial charge is 0.509 e. The number of carbonyl (C=O) groups excluding carboxylic acids is 1. The second-order valence-electron chi connectivity index (χ2n) is 9.78. The molecule has 1 unspecified atom stereocenters. The molecule has 0 bridgehead atoms. The fourth-order valence-electron chi connectivity index (χ4n) is 5.12. The monoisotopic (exact) mass is 549 g/mol. The number of hydrogen-bond donors (Lipinski definition) is 0. The topological polar surface area (TPSA) is 72.2 Å². The van der Waals surface area contributed by atoms with Crippen LogP contribution in [0, 0.1) is 6.92 Å². The van der Waals surface area contributed by atoms with Gasteiger partial charge in [-0.1, -0.05) is 42.8 Å². The van der Waals surface area contributed by atoms with Gasteiger partial charge in [-0.15, -0.1) is 11.3 Å². The number of aryl methyl sites for hydroxylation is 2. The Bertz CT molecular complexity index is 1440. The molecular formula is C28H31N5O3S2. The number of thiazole rings is 1. The van der Waals surface area contributed by atoms with Gasteiger partial charge in [0.1, 0.15) is 18.1 Å². The van der Waals surface area contributed by atoms with Crippen LogP contribution in [0.15, 0.2) is 48.0 Å². The highest BCUT2D eigenvalue weighted by Crippen LogP contribution is 2.36. The zero-order valence-electron chi connectivity index (χ0n) is 21.8. The van der Waals surface area contributed by atoms with Crippen LogP contribution in [0.3, 0.4) is 0 Å². The minimum atomic E-state index is -0.567. The van der Waals surface area contributed by atoms with Crippen LogP contribution in [0.5, 0.6) is 0 Å². The second-order valence-corrected chi connectivity index (χ2v) is 11.9. The Balaban J connectivity index is 1.22. The standard InChI is InChI=1S/C28H31N5O3S2/c1-4-22-26(31(3)27-30-23(17-37-27)20-7-5-18(2)6-8-20)33-15-21(9-10-24(33)29-22)19-11-13-32(14-12-19)38-25-16-35-28(34)36-25/h5-10,15,17,19,25H,4,11-14,16H2,1-3H3. The van der Waals surface area contributed by atoms with Crippen molar-refractivity contribution >= 4 is 46.0 Å². The third kappa shape index (κ3) is 5.00. The van der Waals surface area contributed by atoms with Gasteiger partial charge in [-0.3, -0.25) is 4.40 Å². The normalized spacial score (nSPS) is 18.6. The van der Waals surface area contributed by atoms with Crippen LogP contribution in [0.2, 0.25) is 0 Å². The lowest BCUT2D eigenvalue weighted by Gasteiger charge is -2.31. The molecule has 2 saturated heterocycles. The number of piperidine rings is 1. The molecule has 1 atom stereocenters. The lowest BCUT2D eigenvalue weighted by molar-refractivity contribution is 0.128. The lowest BCUT2D eigenvalue weighted by atomic mass is 9.91. The third-order valence-electron chi connectivity index (χ3n) is 7.22. The maximum Gasteiger partial charge on any atom is 0.509 e. The van der Waals surface area contributed by atoms with Crippen molar-refractivity contribution in [3.63, 3.8) is 0 Å². The van der Waals surface area contributed by atoms with Crippen molar-refractivity contribution in [2.24, 2.45) is 0 Å². The Hall–Kier alpha value is -3.08. The molecule has 1 aromatic carbocycles. The van der Waals surface area contributed by atoms with Gasteiger partial charge in [0.05, 0.1) is 11.4 Å². The van der Waals surface area contributed by atoms with E-state index in [2.05, 4.69) is 82.5 Å². The number of rotatable bonds is 7. The van der Waals surface area contributed by atoms with Crippen molar-refractivity contribution in [1.29, 1.82) is 0 Å². The van der Waals surface area contributed by atoms with Crippen molar-refractivity contribution in [3.8, 4) is 11.3 Å². The van der Waals surface area contributed by atoms with E-state index in [1.54, 1.807) is 23.3 Å². The van der Waals surface area contributed by atoms with Crippen LogP contribution in [0.1, 0.15) is 42.5 Å². The second kappa shape index (κ2) is 10.6. The predicted molar refractivity (Wildman–Crippen MR) is 152 cm³/mol. The highest BCUT2D eigenvalue weighted by Gasteiger charge is 2.30. The Kier molecular flexibility index (Phi) is 7.03. The first-order chi connectivity index (χ1) is 18.5. The van der Waals surface area contributed by atoms with Crippen molar-refractivity contribution in [2.45, 2.75) is 44.5 Å². The van der Waals surface area contributed by atoms with Gasteiger partial charge in [0.15, 0.2) is 10.6 Å². The number of benzene rings is 1. The van der Waals surface area contributed by atoms with Gasteiger partial charge in [-0.2, -0.15) is 0 Å². The van der Waals surface area contributed by atoms with E-state index in [0.717, 1.165) is 65.9 Å². The summed E-state index contributed by atoms with van der Waals surface area (Å²) in [5.74, 6) is 1.54. The molecule has 3 aromatic heterocycles. The summed E-state index contributed by atoms with van der Waals surface area (Å²) < 4.78 is 14.6. The maximum atomic E-state index is 11.2. The molecule has 8 nitrogen and oxygen atoms in total. The summed E-state index contributed by atoms with van der Waals surface area (Å²) in [6.45, 7) is 6.46. The van der Waals surface area contributed by atoms with E-state index < -0.39 is 6.16 Å². The fourth-order valence-corrected chi connectivity index (χ4v) is 6.93. The number of imidazole rings is 1. The van der Waals surface area contributed by atoms with Crippen molar-refractivity contribution < 1.29 is 14.3 Å². The van der Waals surface area contributed by atoms with Gasteiger partial charge >= 0.3 is 6.16 Å². The summed E-state index contributed by atoms with van der Waals surface area (Å²) in [6.07, 6.45) is 4.64. The van der Waals surface area contributed by atoms with E-state index >= 15 is 0 Å². The number of aromatic nitrogens is 3. The van der Waals surface area contributed by atoms with Gasteiger partial charge < -0.3 is 14.4 Å². The van der Waals surface area contributed by atoms with Crippen LogP contribution in [0.4, 0.5) is 15.7 Å². The summed E-state index contributed by atoms with van der Waals surface area (Å²) in [7, 11) is 2.09. The zero-order valence-corrected chi connectivity index (χ0v) is 23.4. The number of ether oxygens (including phenoxy) is 2. The molecule has 6 rings (SSSR count). The summed E-state index contributed by atoms with van der Waals surface area (Å²) in [4.78, 5) is 23.3. The SMILES string of the molecule is CCc1nc2ccc(C3CCN(SC4COC(=O)O4)CC3)cn2c1N(C)c1nc(-c2ccc(C)cc2)cs1. The average molecular weight is 550 g/mol. The van der Waals surface area contributed by atoms with Gasteiger partial charge in [0, 0.05) is 37.3 Å². The van der Waals surface area contributed by atoms with Crippen LogP contribution in [0.25, 0.3) is 16.9 Å². The van der Waals surface area contributed by atoms with E-state index in [4.69, 9.17) is 19.4 Å². The highest BCUT2D eigenvalue weighted by molar-refractivity contribution is 7.97. The van der Waals surface area contributed by atoms with E-state index in [1.165, 1.54) is 11.1 Å². The molecular weight excluding hydrogens is 518 g/mol. The van der Waals surface area contributed by atoms with Gasteiger partial charge in [-0.25, -0.2) is 19.1 Å². The first kappa shape index (κ1) is 25.2. The number of cyclic esters (lactones) is 2. The van der Waals surface area contributed by atoms with Crippen molar-refractivity contribution in [2.75, 3.05) is 31.6 Å². The number of nitrogens with zero attached hydrogens (tertiary/aromatic N) is 5. The van der Waals surface area contributed by atoms with Crippen LogP contribution < -0.4 is 4.90 Å². The molecule has 10 heteroatoms. The highest BCUT2D eigenvalue weighted by atomic mass is 32.2. The molecule has 198 valence electrons. The molecule has 2 aliphatic rings. The number of anilines is 2. The molecule has 5 heterocycles. The Morgan fingerprint density at radius 3 is 2.63 bits per heavy atom. The molecule has 0 saturated carbocycles. The Morgan fingerprint density at radius 1 is 1.13 bits per heavy atom. The van der Waals surface area contributed by atoms with E-state index in [-0.39, 0.29) is 5.44 Å². The van der Waals surface area contributed by atoms with Crippen LogP contribution in [-0.2, 0) is 15.9 Å². The molecule has 0 N–H and O–H groups in total. The van der Waals surface area contributed by atoms with Crippen molar-refractivity contribution in [1.82, 2.24) is 18.7 Å². The van der Waals surface area contributed by atoms with Crippen molar-refractivity contribution in [3.05, 3.63) is 64.8 Å². The van der Waals surface area contributed by atoms with E-state index in [0.29, 0.717) is 12.5 Å². The van der Waals surface area contributed by atoms with Gasteiger partial charge in [0.2, 0.25) is 0 Å². The number of carbonyl (C=O) groups is 1. The van der Waals surface area contributed by atoms with E-state index in [1.807, 2.05) is 0 Å². The molecule has 0 spiro atoms. The molecule has 2 fully saturated rings. The van der Waals surface area contributed by atoms with Crippen LogP contribution in [-0.4, -0.2) is 57.0 Å². The fraction of sp³-hybridized carbons (Fsp3) is 0.393. The zero-order chi connectivity index (χ0) is 26.2. The van der Waals surface area contributed by atoms with Gasteiger partial charge in [0.25, 0.3) is 0 Å². The summed E-state index contributed by atoms with van der Waals surface area (Å²) in [6, 6.07) is 12.9. The molecule has 2 aliphatic heterocycles. The predicted octanol–water partition coefficient (Wildman–Crippen LogP) is 6.42. The first-order valence-corrected chi connectivity index (χ1v) is 14.7. The average Bonchev–Trinajstić information content (AvgIpc) is 3.67. The molecule has 4 aromatic rings. The molecule has 0 aliphatic carbocycles. The third-order valence-corrected chi connectivity index (χ3v) is 9.27. The lowest BCUT2D eigenvalue weighted by Crippen LogP contribution is -2.30. The molecule has 0 amide bonds. The Labute approximate surface area is 230 Å². The van der Waals surface area contributed by atoms with E-state index in [9.17, 15) is 4.79 Å². The number of pyridine rings is 1. The first-order valence-electron chi connectivity index (χ1n) is 13.0. The quantitative estimate of drug-likeness (QED) is 0.193. The summed E-state index contributed by atoms with van der Waals surface area (Å²) in [5, 5.41) is 3.07. The Morgan fingerprint density at radius 2 is 1.92 bits per heavy atom. The smallest absolute Gasteiger partial charge is 0.429 e. The maximum absolute atomic E-state index is 11.2. The summed E-state index contributed by atoms with van der Waals surface area (Å²) >= 11 is 3.23.